The van der Waals surface area contributed by atoms with E-state index >= 15 is 0 Å². The summed E-state index contributed by atoms with van der Waals surface area (Å²) in [5, 5.41) is 0. The lowest BCUT2D eigenvalue weighted by Crippen LogP contribution is -2.03. The Morgan fingerprint density at radius 2 is 1.68 bits per heavy atom. The molecule has 2 nitrogen and oxygen atoms in total. The molecule has 96 valence electrons. The zero-order chi connectivity index (χ0) is 13.5. The van der Waals surface area contributed by atoms with Crippen LogP contribution in [0.5, 0.6) is 0 Å². The molecule has 0 aliphatic carbocycles. The number of benzene rings is 2. The monoisotopic (exact) mass is 262 g/mol. The number of hydrogen-bond acceptors (Lipinski definition) is 1. The highest BCUT2D eigenvalue weighted by Crippen LogP contribution is 2.32. The van der Waals surface area contributed by atoms with Crippen molar-refractivity contribution < 1.29 is 13.2 Å². The van der Waals surface area contributed by atoms with E-state index in [1.165, 1.54) is 12.1 Å². The molecule has 3 rings (SSSR count). The first-order valence-electron chi connectivity index (χ1n) is 5.65. The fourth-order valence-electron chi connectivity index (χ4n) is 2.04. The Kier molecular flexibility index (Phi) is 2.55. The number of rotatable bonds is 1. The number of H-pyrrole nitrogens is 1. The predicted octanol–water partition coefficient (Wildman–Crippen LogP) is 4.25. The van der Waals surface area contributed by atoms with Crippen molar-refractivity contribution in [2.24, 2.45) is 0 Å². The summed E-state index contributed by atoms with van der Waals surface area (Å²) >= 11 is 0. The summed E-state index contributed by atoms with van der Waals surface area (Å²) in [6.07, 6.45) is -2.74. The fourth-order valence-corrected chi connectivity index (χ4v) is 2.04. The SMILES string of the molecule is FC(F)(F)c1ccc(-c2cccc3[nH]cnc23)cc1. The quantitative estimate of drug-likeness (QED) is 0.697. The van der Waals surface area contributed by atoms with E-state index in [0.29, 0.717) is 5.56 Å². The number of aromatic amines is 1. The Hall–Kier alpha value is -2.30. The molecule has 0 radical (unpaired) electrons. The highest BCUT2D eigenvalue weighted by atomic mass is 19.4. The largest absolute Gasteiger partial charge is 0.416 e. The Morgan fingerprint density at radius 3 is 2.37 bits per heavy atom. The van der Waals surface area contributed by atoms with E-state index in [2.05, 4.69) is 9.97 Å². The van der Waals surface area contributed by atoms with Crippen molar-refractivity contribution in [3.05, 3.63) is 54.4 Å². The fraction of sp³-hybridized carbons (Fsp3) is 0.0714. The molecule has 5 heteroatoms. The molecule has 19 heavy (non-hydrogen) atoms. The molecule has 1 N–H and O–H groups in total. The van der Waals surface area contributed by atoms with E-state index < -0.39 is 11.7 Å². The van der Waals surface area contributed by atoms with Gasteiger partial charge in [0.25, 0.3) is 0 Å². The van der Waals surface area contributed by atoms with E-state index in [-0.39, 0.29) is 0 Å². The summed E-state index contributed by atoms with van der Waals surface area (Å²) in [5.41, 5.74) is 2.49. The minimum atomic E-state index is -4.31. The van der Waals surface area contributed by atoms with E-state index in [0.717, 1.165) is 28.7 Å². The van der Waals surface area contributed by atoms with Crippen LogP contribution in [0.25, 0.3) is 22.2 Å². The number of nitrogens with zero attached hydrogens (tertiary/aromatic N) is 1. The van der Waals surface area contributed by atoms with E-state index in [1.54, 1.807) is 6.33 Å². The van der Waals surface area contributed by atoms with Crippen LogP contribution < -0.4 is 0 Å². The Bertz CT molecular complexity index is 711. The van der Waals surface area contributed by atoms with Crippen LogP contribution in [0.4, 0.5) is 13.2 Å². The Labute approximate surface area is 106 Å². The van der Waals surface area contributed by atoms with Gasteiger partial charge in [-0.1, -0.05) is 24.3 Å². The molecule has 1 aromatic heterocycles. The van der Waals surface area contributed by atoms with Crippen LogP contribution in [0.1, 0.15) is 5.56 Å². The maximum Gasteiger partial charge on any atom is 0.416 e. The number of halogens is 3. The smallest absolute Gasteiger partial charge is 0.345 e. The van der Waals surface area contributed by atoms with Crippen LogP contribution >= 0.6 is 0 Å². The molecule has 0 aliphatic rings. The van der Waals surface area contributed by atoms with E-state index in [4.69, 9.17) is 0 Å². The molecule has 0 fully saturated rings. The van der Waals surface area contributed by atoms with Crippen LogP contribution in [-0.4, -0.2) is 9.97 Å². The summed E-state index contributed by atoms with van der Waals surface area (Å²) in [6.45, 7) is 0. The summed E-state index contributed by atoms with van der Waals surface area (Å²) < 4.78 is 37.5. The molecule has 0 spiro atoms. The van der Waals surface area contributed by atoms with Crippen LogP contribution in [0, 0.1) is 0 Å². The second-order valence-corrected chi connectivity index (χ2v) is 4.18. The summed E-state index contributed by atoms with van der Waals surface area (Å²) in [5.74, 6) is 0. The molecule has 0 saturated carbocycles. The van der Waals surface area contributed by atoms with Crippen molar-refractivity contribution >= 4 is 11.0 Å². The highest BCUT2D eigenvalue weighted by Gasteiger charge is 2.30. The second-order valence-electron chi connectivity index (χ2n) is 4.18. The van der Waals surface area contributed by atoms with Gasteiger partial charge in [0.05, 0.1) is 22.9 Å². The van der Waals surface area contributed by atoms with E-state index in [1.807, 2.05) is 18.2 Å². The second kappa shape index (κ2) is 4.12. The van der Waals surface area contributed by atoms with Gasteiger partial charge >= 0.3 is 6.18 Å². The number of imidazole rings is 1. The molecule has 0 unspecified atom stereocenters. The van der Waals surface area contributed by atoms with Gasteiger partial charge in [-0.25, -0.2) is 4.98 Å². The zero-order valence-electron chi connectivity index (χ0n) is 9.70. The lowest BCUT2D eigenvalue weighted by Gasteiger charge is -2.08. The van der Waals surface area contributed by atoms with Gasteiger partial charge in [-0.05, 0) is 23.8 Å². The third-order valence-electron chi connectivity index (χ3n) is 2.97. The van der Waals surface area contributed by atoms with Crippen LogP contribution in [0.2, 0.25) is 0 Å². The van der Waals surface area contributed by atoms with Gasteiger partial charge in [0, 0.05) is 5.56 Å². The standard InChI is InChI=1S/C14H9F3N2/c15-14(16,17)10-6-4-9(5-7-10)11-2-1-3-12-13(11)19-8-18-12/h1-8H,(H,18,19). The summed E-state index contributed by atoms with van der Waals surface area (Å²) in [4.78, 5) is 7.16. The lowest BCUT2D eigenvalue weighted by molar-refractivity contribution is -0.137. The van der Waals surface area contributed by atoms with Crippen LogP contribution in [-0.2, 0) is 6.18 Å². The molecular formula is C14H9F3N2. The molecule has 0 amide bonds. The third kappa shape index (κ3) is 2.07. The van der Waals surface area contributed by atoms with Gasteiger partial charge in [0.15, 0.2) is 0 Å². The molecule has 0 atom stereocenters. The van der Waals surface area contributed by atoms with Crippen molar-refractivity contribution in [1.29, 1.82) is 0 Å². The molecule has 0 bridgehead atoms. The predicted molar refractivity (Wildman–Crippen MR) is 66.5 cm³/mol. The zero-order valence-corrected chi connectivity index (χ0v) is 9.70. The van der Waals surface area contributed by atoms with Gasteiger partial charge in [0.2, 0.25) is 0 Å². The van der Waals surface area contributed by atoms with Crippen molar-refractivity contribution in [1.82, 2.24) is 9.97 Å². The molecule has 1 heterocycles. The van der Waals surface area contributed by atoms with Crippen LogP contribution in [0.15, 0.2) is 48.8 Å². The number of nitrogens with one attached hydrogen (secondary N) is 1. The first-order valence-corrected chi connectivity index (χ1v) is 5.65. The van der Waals surface area contributed by atoms with Crippen LogP contribution in [0.3, 0.4) is 0 Å². The van der Waals surface area contributed by atoms with Crippen molar-refractivity contribution in [2.75, 3.05) is 0 Å². The number of aromatic nitrogens is 2. The molecule has 2 aromatic carbocycles. The van der Waals surface area contributed by atoms with Crippen molar-refractivity contribution in [3.8, 4) is 11.1 Å². The van der Waals surface area contributed by atoms with Gasteiger partial charge in [0.1, 0.15) is 0 Å². The molecular weight excluding hydrogens is 253 g/mol. The number of fused-ring (bicyclic) bond motifs is 1. The molecule has 0 saturated heterocycles. The minimum Gasteiger partial charge on any atom is -0.345 e. The minimum absolute atomic E-state index is 0.648. The van der Waals surface area contributed by atoms with Crippen molar-refractivity contribution in [2.45, 2.75) is 6.18 Å². The first-order chi connectivity index (χ1) is 9.05. The summed E-state index contributed by atoms with van der Waals surface area (Å²) in [6, 6.07) is 10.6. The van der Waals surface area contributed by atoms with Gasteiger partial charge in [-0.3, -0.25) is 0 Å². The Morgan fingerprint density at radius 1 is 0.947 bits per heavy atom. The Balaban J connectivity index is 2.10. The average Bonchev–Trinajstić information content (AvgIpc) is 2.86. The summed E-state index contributed by atoms with van der Waals surface area (Å²) in [7, 11) is 0. The van der Waals surface area contributed by atoms with Gasteiger partial charge < -0.3 is 4.98 Å². The lowest BCUT2D eigenvalue weighted by atomic mass is 10.0. The van der Waals surface area contributed by atoms with Gasteiger partial charge in [-0.15, -0.1) is 0 Å². The average molecular weight is 262 g/mol. The number of hydrogen-bond donors (Lipinski definition) is 1. The molecule has 3 aromatic rings. The third-order valence-corrected chi connectivity index (χ3v) is 2.97. The number of alkyl halides is 3. The van der Waals surface area contributed by atoms with E-state index in [9.17, 15) is 13.2 Å². The van der Waals surface area contributed by atoms with Gasteiger partial charge in [-0.2, -0.15) is 13.2 Å². The molecule has 0 aliphatic heterocycles. The van der Waals surface area contributed by atoms with Crippen molar-refractivity contribution in [3.63, 3.8) is 0 Å². The maximum atomic E-state index is 12.5. The highest BCUT2D eigenvalue weighted by molar-refractivity contribution is 5.91. The number of para-hydroxylation sites is 1. The first kappa shape index (κ1) is 11.8. The maximum absolute atomic E-state index is 12.5. The normalized spacial score (nSPS) is 11.9. The topological polar surface area (TPSA) is 28.7 Å².